The van der Waals surface area contributed by atoms with Crippen LogP contribution in [0, 0.1) is 0 Å². The Hall–Kier alpha value is -0.0500. The molecule has 2 atom stereocenters. The van der Waals surface area contributed by atoms with Gasteiger partial charge in [-0.05, 0) is 0 Å². The van der Waals surface area contributed by atoms with Crippen molar-refractivity contribution in [3.63, 3.8) is 0 Å². The summed E-state index contributed by atoms with van der Waals surface area (Å²) in [6.07, 6.45) is 1.14. The fraction of sp³-hybridized carbons (Fsp3) is 0.750. The molecular weight excluding hydrogens is 160 g/mol. The summed E-state index contributed by atoms with van der Waals surface area (Å²) >= 11 is 3.27. The molecule has 3 heteroatoms. The molecule has 0 radical (unpaired) electrons. The van der Waals surface area contributed by atoms with Crippen molar-refractivity contribution in [2.24, 2.45) is 0 Å². The lowest BCUT2D eigenvalue weighted by molar-refractivity contribution is -0.129. The molecule has 1 aliphatic rings. The predicted octanol–water partition coefficient (Wildman–Crippen LogP) is 0.695. The van der Waals surface area contributed by atoms with E-state index in [0.717, 1.165) is 6.42 Å². The molecule has 0 bridgehead atoms. The largest absolute Gasteiger partial charge is 0.463 e. The molecule has 1 saturated carbocycles. The molecule has 0 amide bonds. The SMILES string of the molecule is O=COC1CC1Br. The maximum atomic E-state index is 9.56. The van der Waals surface area contributed by atoms with Crippen LogP contribution >= 0.6 is 15.9 Å². The Labute approximate surface area is 50.0 Å². The maximum absolute atomic E-state index is 9.56. The van der Waals surface area contributed by atoms with E-state index in [1.165, 1.54) is 0 Å². The lowest BCUT2D eigenvalue weighted by Gasteiger charge is -1.86. The Morgan fingerprint density at radius 2 is 2.43 bits per heavy atom. The van der Waals surface area contributed by atoms with Crippen LogP contribution < -0.4 is 0 Å². The van der Waals surface area contributed by atoms with Gasteiger partial charge in [0.05, 0.1) is 4.83 Å². The third kappa shape index (κ3) is 1.16. The van der Waals surface area contributed by atoms with E-state index in [-0.39, 0.29) is 6.10 Å². The topological polar surface area (TPSA) is 26.3 Å². The molecule has 1 aliphatic carbocycles. The summed E-state index contributed by atoms with van der Waals surface area (Å²) in [5.74, 6) is 0. The number of ether oxygens (including phenoxy) is 1. The molecule has 2 unspecified atom stereocenters. The molecular formula is C4H5BrO2. The van der Waals surface area contributed by atoms with Crippen molar-refractivity contribution in [2.75, 3.05) is 0 Å². The van der Waals surface area contributed by atoms with Crippen molar-refractivity contribution < 1.29 is 9.53 Å². The van der Waals surface area contributed by atoms with Crippen LogP contribution in [0.3, 0.4) is 0 Å². The van der Waals surface area contributed by atoms with Crippen molar-refractivity contribution in [2.45, 2.75) is 17.4 Å². The summed E-state index contributed by atoms with van der Waals surface area (Å²) < 4.78 is 4.54. The molecule has 0 N–H and O–H groups in total. The molecule has 1 rings (SSSR count). The van der Waals surface area contributed by atoms with Crippen LogP contribution in [0.5, 0.6) is 0 Å². The molecule has 40 valence electrons. The molecule has 0 aromatic heterocycles. The van der Waals surface area contributed by atoms with Gasteiger partial charge in [0.15, 0.2) is 0 Å². The summed E-state index contributed by atoms with van der Waals surface area (Å²) in [5, 5.41) is 0. The first-order chi connectivity index (χ1) is 3.34. The van der Waals surface area contributed by atoms with Crippen molar-refractivity contribution in [3.8, 4) is 0 Å². The summed E-state index contributed by atoms with van der Waals surface area (Å²) in [7, 11) is 0. The normalized spacial score (nSPS) is 37.3. The fourth-order valence-corrected chi connectivity index (χ4v) is 0.849. The van der Waals surface area contributed by atoms with Crippen LogP contribution in [0.2, 0.25) is 0 Å². The van der Waals surface area contributed by atoms with Gasteiger partial charge in [0.1, 0.15) is 6.10 Å². The molecule has 0 saturated heterocycles. The number of hydrogen-bond donors (Lipinski definition) is 0. The van der Waals surface area contributed by atoms with Crippen molar-refractivity contribution in [1.82, 2.24) is 0 Å². The van der Waals surface area contributed by atoms with Gasteiger partial charge in [0.2, 0.25) is 0 Å². The first kappa shape index (κ1) is 5.09. The maximum Gasteiger partial charge on any atom is 0.293 e. The molecule has 0 spiro atoms. The lowest BCUT2D eigenvalue weighted by atomic mass is 10.8. The molecule has 1 fully saturated rings. The van der Waals surface area contributed by atoms with Gasteiger partial charge in [-0.2, -0.15) is 0 Å². The Kier molecular flexibility index (Phi) is 1.32. The zero-order chi connectivity index (χ0) is 5.28. The van der Waals surface area contributed by atoms with E-state index in [1.807, 2.05) is 0 Å². The van der Waals surface area contributed by atoms with Crippen LogP contribution in [0.15, 0.2) is 0 Å². The van der Waals surface area contributed by atoms with E-state index in [0.29, 0.717) is 11.3 Å². The van der Waals surface area contributed by atoms with Crippen LogP contribution in [0.4, 0.5) is 0 Å². The third-order valence-electron chi connectivity index (χ3n) is 0.888. The Morgan fingerprint density at radius 1 is 1.86 bits per heavy atom. The highest BCUT2D eigenvalue weighted by Gasteiger charge is 2.36. The zero-order valence-electron chi connectivity index (χ0n) is 3.63. The van der Waals surface area contributed by atoms with E-state index in [9.17, 15) is 4.79 Å². The van der Waals surface area contributed by atoms with Crippen molar-refractivity contribution in [1.29, 1.82) is 0 Å². The number of carbonyl (C=O) groups is 1. The van der Waals surface area contributed by atoms with E-state index < -0.39 is 0 Å². The standard InChI is InChI=1S/C4H5BrO2/c5-3-1-4(3)7-2-6/h2-4H,1H2. The van der Waals surface area contributed by atoms with Crippen molar-refractivity contribution in [3.05, 3.63) is 0 Å². The second kappa shape index (κ2) is 1.82. The van der Waals surface area contributed by atoms with Gasteiger partial charge in [0, 0.05) is 6.42 Å². The predicted molar refractivity (Wildman–Crippen MR) is 28.3 cm³/mol. The highest BCUT2D eigenvalue weighted by Crippen LogP contribution is 2.32. The van der Waals surface area contributed by atoms with Crippen LogP contribution in [-0.2, 0) is 9.53 Å². The summed E-state index contributed by atoms with van der Waals surface area (Å²) in [5.41, 5.74) is 0. The van der Waals surface area contributed by atoms with Gasteiger partial charge in [-0.25, -0.2) is 0 Å². The number of hydrogen-bond acceptors (Lipinski definition) is 2. The van der Waals surface area contributed by atoms with Gasteiger partial charge in [-0.1, -0.05) is 15.9 Å². The van der Waals surface area contributed by atoms with E-state index >= 15 is 0 Å². The number of alkyl halides is 1. The smallest absolute Gasteiger partial charge is 0.293 e. The minimum Gasteiger partial charge on any atom is -0.463 e. The minimum atomic E-state index is 0.164. The van der Waals surface area contributed by atoms with Gasteiger partial charge < -0.3 is 4.74 Å². The highest BCUT2D eigenvalue weighted by molar-refractivity contribution is 9.09. The van der Waals surface area contributed by atoms with Crippen LogP contribution in [0.1, 0.15) is 6.42 Å². The number of halogens is 1. The minimum absolute atomic E-state index is 0.164. The monoisotopic (exact) mass is 164 g/mol. The second-order valence-electron chi connectivity index (χ2n) is 1.52. The lowest BCUT2D eigenvalue weighted by Crippen LogP contribution is -1.91. The van der Waals surface area contributed by atoms with Crippen molar-refractivity contribution >= 4 is 22.4 Å². The molecule has 0 aliphatic heterocycles. The molecule has 0 aromatic rings. The Balaban J connectivity index is 2.08. The Bertz CT molecular complexity index is 83.8. The highest BCUT2D eigenvalue weighted by atomic mass is 79.9. The molecule has 2 nitrogen and oxygen atoms in total. The van der Waals surface area contributed by atoms with Gasteiger partial charge in [-0.15, -0.1) is 0 Å². The number of carbonyl (C=O) groups excluding carboxylic acids is 1. The Morgan fingerprint density at radius 3 is 2.57 bits per heavy atom. The molecule has 7 heavy (non-hydrogen) atoms. The van der Waals surface area contributed by atoms with Gasteiger partial charge >= 0.3 is 0 Å². The zero-order valence-corrected chi connectivity index (χ0v) is 5.22. The van der Waals surface area contributed by atoms with Crippen LogP contribution in [0.25, 0.3) is 0 Å². The third-order valence-corrected chi connectivity index (χ3v) is 1.85. The average Bonchev–Trinajstić information content (AvgIpc) is 2.22. The average molecular weight is 165 g/mol. The van der Waals surface area contributed by atoms with E-state index in [2.05, 4.69) is 20.7 Å². The summed E-state index contributed by atoms with van der Waals surface area (Å²) in [6, 6.07) is 0. The fourth-order valence-electron chi connectivity index (χ4n) is 0.356. The second-order valence-corrected chi connectivity index (χ2v) is 2.70. The van der Waals surface area contributed by atoms with Gasteiger partial charge in [0.25, 0.3) is 6.47 Å². The summed E-state index contributed by atoms with van der Waals surface area (Å²) in [6.45, 7) is 0.492. The van der Waals surface area contributed by atoms with Crippen LogP contribution in [-0.4, -0.2) is 17.4 Å². The van der Waals surface area contributed by atoms with E-state index in [1.54, 1.807) is 0 Å². The number of rotatable bonds is 2. The van der Waals surface area contributed by atoms with Gasteiger partial charge in [-0.3, -0.25) is 4.79 Å². The molecule has 0 aromatic carbocycles. The first-order valence-corrected chi connectivity index (χ1v) is 2.99. The summed E-state index contributed by atoms with van der Waals surface area (Å²) in [4.78, 5) is 9.99. The first-order valence-electron chi connectivity index (χ1n) is 2.08. The van der Waals surface area contributed by atoms with E-state index in [4.69, 9.17) is 0 Å². The molecule has 0 heterocycles. The quantitative estimate of drug-likeness (QED) is 0.444.